The number of pyridine rings is 1. The van der Waals surface area contributed by atoms with Gasteiger partial charge in [0.15, 0.2) is 5.16 Å². The van der Waals surface area contributed by atoms with Crippen LogP contribution in [0.2, 0.25) is 0 Å². The summed E-state index contributed by atoms with van der Waals surface area (Å²) in [5, 5.41) is 10.1. The minimum Gasteiger partial charge on any atom is -0.342 e. The molecule has 0 saturated carbocycles. The van der Waals surface area contributed by atoms with E-state index in [0.717, 1.165) is 75.1 Å². The summed E-state index contributed by atoms with van der Waals surface area (Å²) < 4.78 is 2.26. The van der Waals surface area contributed by atoms with E-state index in [1.54, 1.807) is 18.0 Å². The fourth-order valence-corrected chi connectivity index (χ4v) is 5.60. The topological polar surface area (TPSA) is 67.2 Å². The number of hydrogen-bond acceptors (Lipinski definition) is 6. The fraction of sp³-hybridized carbons (Fsp3) is 0.652. The number of amides is 1. The molecule has 31 heavy (non-hydrogen) atoms. The summed E-state index contributed by atoms with van der Waals surface area (Å²) in [6.45, 7) is 7.31. The van der Waals surface area contributed by atoms with Crippen molar-refractivity contribution in [2.24, 2.45) is 0 Å². The molecule has 1 amide bonds. The van der Waals surface area contributed by atoms with E-state index in [1.807, 2.05) is 12.3 Å². The van der Waals surface area contributed by atoms with Crippen molar-refractivity contribution in [1.29, 1.82) is 0 Å². The van der Waals surface area contributed by atoms with Gasteiger partial charge in [-0.15, -0.1) is 10.2 Å². The molecule has 2 saturated heterocycles. The van der Waals surface area contributed by atoms with Crippen molar-refractivity contribution in [2.75, 3.05) is 32.7 Å². The number of likely N-dealkylation sites (tertiary alicyclic amines) is 2. The first kappa shape index (κ1) is 22.3. The Labute approximate surface area is 189 Å². The summed E-state index contributed by atoms with van der Waals surface area (Å²) in [4.78, 5) is 21.5. The maximum atomic E-state index is 12.9. The molecule has 4 heterocycles. The highest BCUT2D eigenvalue weighted by atomic mass is 32.2. The smallest absolute Gasteiger partial charge is 0.236 e. The standard InChI is InChI=1S/C23H34N6OS/c1-2-29-22(25-26-23(29)31-18-19-9-7-11-24-15-19)20-10-8-12-27(16-20)17-21(30)28-13-5-3-4-6-14-28/h7,9,11,15,20H,2-6,8,10,12-14,16-18H2,1H3. The summed E-state index contributed by atoms with van der Waals surface area (Å²) in [5.74, 6) is 2.55. The van der Waals surface area contributed by atoms with E-state index < -0.39 is 0 Å². The molecule has 0 aromatic carbocycles. The number of nitrogens with zero attached hydrogens (tertiary/aromatic N) is 6. The fourth-order valence-electron chi connectivity index (χ4n) is 4.66. The molecule has 0 aliphatic carbocycles. The van der Waals surface area contributed by atoms with Crippen LogP contribution in [0.3, 0.4) is 0 Å². The quantitative estimate of drug-likeness (QED) is 0.611. The summed E-state index contributed by atoms with van der Waals surface area (Å²) in [6, 6.07) is 4.06. The second-order valence-corrected chi connectivity index (χ2v) is 9.55. The van der Waals surface area contributed by atoms with Crippen molar-refractivity contribution in [3.63, 3.8) is 0 Å². The number of thioether (sulfide) groups is 1. The second kappa shape index (κ2) is 11.1. The molecule has 0 bridgehead atoms. The zero-order chi connectivity index (χ0) is 21.5. The molecule has 0 N–H and O–H groups in total. The van der Waals surface area contributed by atoms with Gasteiger partial charge in [-0.2, -0.15) is 0 Å². The second-order valence-electron chi connectivity index (χ2n) is 8.60. The van der Waals surface area contributed by atoms with Crippen molar-refractivity contribution < 1.29 is 4.79 Å². The predicted molar refractivity (Wildman–Crippen MR) is 123 cm³/mol. The third kappa shape index (κ3) is 5.86. The van der Waals surface area contributed by atoms with Crippen LogP contribution in [0.15, 0.2) is 29.7 Å². The van der Waals surface area contributed by atoms with Gasteiger partial charge in [0.2, 0.25) is 5.91 Å². The highest BCUT2D eigenvalue weighted by molar-refractivity contribution is 7.98. The molecular weight excluding hydrogens is 408 g/mol. The zero-order valence-corrected chi connectivity index (χ0v) is 19.4. The third-order valence-electron chi connectivity index (χ3n) is 6.34. The number of rotatable bonds is 7. The highest BCUT2D eigenvalue weighted by Gasteiger charge is 2.28. The number of piperidine rings is 1. The molecular formula is C23H34N6OS. The molecule has 8 heteroatoms. The van der Waals surface area contributed by atoms with E-state index in [0.29, 0.717) is 18.4 Å². The van der Waals surface area contributed by atoms with Gasteiger partial charge in [-0.05, 0) is 50.8 Å². The molecule has 2 aliphatic heterocycles. The maximum absolute atomic E-state index is 12.9. The van der Waals surface area contributed by atoms with E-state index >= 15 is 0 Å². The van der Waals surface area contributed by atoms with Gasteiger partial charge in [0.1, 0.15) is 5.82 Å². The molecule has 2 aliphatic rings. The van der Waals surface area contributed by atoms with E-state index in [9.17, 15) is 4.79 Å². The van der Waals surface area contributed by atoms with Gasteiger partial charge in [-0.3, -0.25) is 14.7 Å². The largest absolute Gasteiger partial charge is 0.342 e. The Kier molecular flexibility index (Phi) is 7.97. The molecule has 0 spiro atoms. The SMILES string of the molecule is CCn1c(SCc2cccnc2)nnc1C1CCCN(CC(=O)N2CCCCCC2)C1. The number of aromatic nitrogens is 4. The van der Waals surface area contributed by atoms with Crippen molar-refractivity contribution in [3.8, 4) is 0 Å². The van der Waals surface area contributed by atoms with Gasteiger partial charge in [-0.1, -0.05) is 30.7 Å². The first-order valence-electron chi connectivity index (χ1n) is 11.7. The Morgan fingerprint density at radius 1 is 1.13 bits per heavy atom. The normalized spacial score (nSPS) is 20.5. The van der Waals surface area contributed by atoms with Gasteiger partial charge >= 0.3 is 0 Å². The Balaban J connectivity index is 1.37. The lowest BCUT2D eigenvalue weighted by molar-refractivity contribution is -0.132. The van der Waals surface area contributed by atoms with Gasteiger partial charge in [0.05, 0.1) is 6.54 Å². The molecule has 1 atom stereocenters. The number of carbonyl (C=O) groups excluding carboxylic acids is 1. The van der Waals surface area contributed by atoms with Crippen LogP contribution in [0.5, 0.6) is 0 Å². The first-order chi connectivity index (χ1) is 15.2. The molecule has 1 unspecified atom stereocenters. The van der Waals surface area contributed by atoms with Crippen LogP contribution in [-0.2, 0) is 17.1 Å². The third-order valence-corrected chi connectivity index (χ3v) is 7.38. The molecule has 7 nitrogen and oxygen atoms in total. The average Bonchev–Trinajstić information content (AvgIpc) is 3.01. The summed E-state index contributed by atoms with van der Waals surface area (Å²) in [5.41, 5.74) is 1.19. The van der Waals surface area contributed by atoms with E-state index in [4.69, 9.17) is 0 Å². The summed E-state index contributed by atoms with van der Waals surface area (Å²) >= 11 is 1.72. The summed E-state index contributed by atoms with van der Waals surface area (Å²) in [6.07, 6.45) is 10.7. The summed E-state index contributed by atoms with van der Waals surface area (Å²) in [7, 11) is 0. The Morgan fingerprint density at radius 2 is 1.97 bits per heavy atom. The van der Waals surface area contributed by atoms with Crippen LogP contribution in [0.25, 0.3) is 0 Å². The Bertz CT molecular complexity index is 834. The highest BCUT2D eigenvalue weighted by Crippen LogP contribution is 2.29. The number of carbonyl (C=O) groups is 1. The van der Waals surface area contributed by atoms with Gasteiger partial charge in [0.25, 0.3) is 0 Å². The Morgan fingerprint density at radius 3 is 2.71 bits per heavy atom. The van der Waals surface area contributed by atoms with Crippen LogP contribution in [0, 0.1) is 0 Å². The average molecular weight is 443 g/mol. The van der Waals surface area contributed by atoms with Gasteiger partial charge < -0.3 is 9.47 Å². The van der Waals surface area contributed by atoms with Crippen molar-refractivity contribution in [2.45, 2.75) is 68.8 Å². The van der Waals surface area contributed by atoms with Gasteiger partial charge in [0, 0.05) is 50.2 Å². The molecule has 4 rings (SSSR count). The lowest BCUT2D eigenvalue weighted by atomic mass is 9.97. The maximum Gasteiger partial charge on any atom is 0.236 e. The molecule has 168 valence electrons. The van der Waals surface area contributed by atoms with Crippen molar-refractivity contribution >= 4 is 17.7 Å². The molecule has 0 radical (unpaired) electrons. The van der Waals surface area contributed by atoms with E-state index in [2.05, 4.69) is 42.5 Å². The van der Waals surface area contributed by atoms with Crippen LogP contribution in [0.4, 0.5) is 0 Å². The first-order valence-corrected chi connectivity index (χ1v) is 12.7. The van der Waals surface area contributed by atoms with Crippen LogP contribution >= 0.6 is 11.8 Å². The van der Waals surface area contributed by atoms with Gasteiger partial charge in [-0.25, -0.2) is 0 Å². The minimum atomic E-state index is 0.298. The van der Waals surface area contributed by atoms with Crippen molar-refractivity contribution in [3.05, 3.63) is 35.9 Å². The Hall–Kier alpha value is -1.93. The lowest BCUT2D eigenvalue weighted by Crippen LogP contribution is -2.44. The van der Waals surface area contributed by atoms with Crippen LogP contribution in [0.1, 0.15) is 62.8 Å². The monoisotopic (exact) mass is 442 g/mol. The van der Waals surface area contributed by atoms with Crippen LogP contribution < -0.4 is 0 Å². The number of hydrogen-bond donors (Lipinski definition) is 0. The lowest BCUT2D eigenvalue weighted by Gasteiger charge is -2.33. The van der Waals surface area contributed by atoms with Crippen molar-refractivity contribution in [1.82, 2.24) is 29.5 Å². The zero-order valence-electron chi connectivity index (χ0n) is 18.6. The minimum absolute atomic E-state index is 0.298. The van der Waals surface area contributed by atoms with E-state index in [-0.39, 0.29) is 0 Å². The van der Waals surface area contributed by atoms with Crippen LogP contribution in [-0.4, -0.2) is 68.2 Å². The predicted octanol–water partition coefficient (Wildman–Crippen LogP) is 3.57. The molecule has 2 fully saturated rings. The van der Waals surface area contributed by atoms with E-state index in [1.165, 1.54) is 18.4 Å². The molecule has 2 aromatic heterocycles. The molecule has 2 aromatic rings.